The number of phenolic OH excluding ortho intramolecular Hbond substituents is 1. The lowest BCUT2D eigenvalue weighted by atomic mass is 9.77. The van der Waals surface area contributed by atoms with Gasteiger partial charge in [-0.1, -0.05) is 50.2 Å². The van der Waals surface area contributed by atoms with Crippen molar-refractivity contribution < 1.29 is 18.1 Å². The molecule has 0 aliphatic rings. The Labute approximate surface area is 118 Å². The van der Waals surface area contributed by atoms with E-state index in [1.165, 1.54) is 18.2 Å². The van der Waals surface area contributed by atoms with Gasteiger partial charge in [0.05, 0.1) is 0 Å². The molecule has 0 unspecified atom stereocenters. The van der Waals surface area contributed by atoms with Crippen LogP contribution in [0.2, 0.25) is 0 Å². The van der Waals surface area contributed by atoms with Gasteiger partial charge in [-0.2, -0.15) is 8.42 Å². The van der Waals surface area contributed by atoms with Crippen molar-refractivity contribution in [2.75, 3.05) is 0 Å². The summed E-state index contributed by atoms with van der Waals surface area (Å²) in [6.45, 7) is 3.60. The Kier molecular flexibility index (Phi) is 3.58. The summed E-state index contributed by atoms with van der Waals surface area (Å²) in [7, 11) is -4.41. The number of hydrogen-bond donors (Lipinski definition) is 2. The van der Waals surface area contributed by atoms with Crippen LogP contribution in [0.3, 0.4) is 0 Å². The zero-order chi connectivity index (χ0) is 15.0. The first-order chi connectivity index (χ1) is 9.24. The van der Waals surface area contributed by atoms with Crippen LogP contribution in [0, 0.1) is 0 Å². The van der Waals surface area contributed by atoms with Gasteiger partial charge in [0.25, 0.3) is 10.1 Å². The molecule has 0 atom stereocenters. The molecule has 0 fully saturated rings. The van der Waals surface area contributed by atoms with Crippen LogP contribution >= 0.6 is 0 Å². The normalized spacial score (nSPS) is 12.3. The van der Waals surface area contributed by atoms with Crippen LogP contribution in [0.4, 0.5) is 0 Å². The molecule has 2 aromatic rings. The fourth-order valence-electron chi connectivity index (χ4n) is 2.36. The number of phenols is 1. The summed E-state index contributed by atoms with van der Waals surface area (Å²) < 4.78 is 32.4. The van der Waals surface area contributed by atoms with Crippen LogP contribution in [0.1, 0.15) is 25.0 Å². The molecule has 2 aromatic carbocycles. The maximum Gasteiger partial charge on any atom is 0.294 e. The van der Waals surface area contributed by atoms with Crippen molar-refractivity contribution in [1.29, 1.82) is 0 Å². The van der Waals surface area contributed by atoms with Crippen molar-refractivity contribution in [3.8, 4) is 5.75 Å². The molecule has 4 nitrogen and oxygen atoms in total. The molecule has 0 aliphatic heterocycles. The molecule has 2 N–H and O–H groups in total. The summed E-state index contributed by atoms with van der Waals surface area (Å²) in [5.41, 5.74) is 0.262. The first-order valence-electron chi connectivity index (χ1n) is 6.10. The third-order valence-electron chi connectivity index (χ3n) is 3.40. The van der Waals surface area contributed by atoms with Crippen molar-refractivity contribution in [3.05, 3.63) is 59.7 Å². The van der Waals surface area contributed by atoms with Gasteiger partial charge in [-0.25, -0.2) is 0 Å². The highest BCUT2D eigenvalue weighted by atomic mass is 32.2. The van der Waals surface area contributed by atoms with Gasteiger partial charge in [0.1, 0.15) is 10.6 Å². The topological polar surface area (TPSA) is 74.6 Å². The van der Waals surface area contributed by atoms with E-state index in [4.69, 9.17) is 0 Å². The average molecular weight is 292 g/mol. The molecule has 0 amide bonds. The van der Waals surface area contributed by atoms with E-state index in [0.29, 0.717) is 0 Å². The third-order valence-corrected chi connectivity index (χ3v) is 4.30. The molecular weight excluding hydrogens is 276 g/mol. The van der Waals surface area contributed by atoms with Crippen molar-refractivity contribution in [2.24, 2.45) is 0 Å². The van der Waals surface area contributed by atoms with E-state index in [0.717, 1.165) is 5.56 Å². The molecule has 0 aliphatic carbocycles. The van der Waals surface area contributed by atoms with Crippen molar-refractivity contribution in [1.82, 2.24) is 0 Å². The maximum atomic E-state index is 11.5. The molecular formula is C15H16O4S. The SMILES string of the molecule is CC(C)(c1ccccc1)c1c(O)cccc1S(=O)(=O)O. The molecule has 0 saturated carbocycles. The fourth-order valence-corrected chi connectivity index (χ4v) is 3.23. The summed E-state index contributed by atoms with van der Waals surface area (Å²) >= 11 is 0. The lowest BCUT2D eigenvalue weighted by Gasteiger charge is -2.28. The summed E-state index contributed by atoms with van der Waals surface area (Å²) in [6.07, 6.45) is 0. The van der Waals surface area contributed by atoms with Crippen LogP contribution < -0.4 is 0 Å². The van der Waals surface area contributed by atoms with Crippen molar-refractivity contribution in [3.63, 3.8) is 0 Å². The second kappa shape index (κ2) is 4.92. The van der Waals surface area contributed by atoms with Crippen LogP contribution in [0.25, 0.3) is 0 Å². The van der Waals surface area contributed by atoms with E-state index in [1.807, 2.05) is 30.3 Å². The van der Waals surface area contributed by atoms with Gasteiger partial charge in [0, 0.05) is 11.0 Å². The molecule has 0 heterocycles. The molecule has 0 radical (unpaired) electrons. The van der Waals surface area contributed by atoms with E-state index in [2.05, 4.69) is 0 Å². The molecule has 0 saturated heterocycles. The first-order valence-corrected chi connectivity index (χ1v) is 7.54. The molecule has 2 rings (SSSR count). The van der Waals surface area contributed by atoms with Gasteiger partial charge in [0.15, 0.2) is 0 Å². The van der Waals surface area contributed by atoms with Gasteiger partial charge >= 0.3 is 0 Å². The minimum atomic E-state index is -4.41. The van der Waals surface area contributed by atoms with Crippen LogP contribution in [-0.2, 0) is 15.5 Å². The Morgan fingerprint density at radius 2 is 1.55 bits per heavy atom. The molecule has 0 bridgehead atoms. The minimum absolute atomic E-state index is 0.158. The number of hydrogen-bond acceptors (Lipinski definition) is 3. The Morgan fingerprint density at radius 3 is 2.10 bits per heavy atom. The highest BCUT2D eigenvalue weighted by molar-refractivity contribution is 7.85. The van der Waals surface area contributed by atoms with Gasteiger partial charge in [-0.05, 0) is 17.7 Å². The van der Waals surface area contributed by atoms with Crippen LogP contribution in [0.15, 0.2) is 53.4 Å². The van der Waals surface area contributed by atoms with E-state index >= 15 is 0 Å². The average Bonchev–Trinajstić information content (AvgIpc) is 2.38. The van der Waals surface area contributed by atoms with Gasteiger partial charge < -0.3 is 5.11 Å². The van der Waals surface area contributed by atoms with Crippen molar-refractivity contribution in [2.45, 2.75) is 24.2 Å². The minimum Gasteiger partial charge on any atom is -0.508 e. The van der Waals surface area contributed by atoms with Crippen molar-refractivity contribution >= 4 is 10.1 Å². The predicted molar refractivity (Wildman–Crippen MR) is 76.5 cm³/mol. The number of aromatic hydroxyl groups is 1. The lowest BCUT2D eigenvalue weighted by Crippen LogP contribution is -2.22. The quantitative estimate of drug-likeness (QED) is 0.853. The van der Waals surface area contributed by atoms with Crippen LogP contribution in [0.5, 0.6) is 5.75 Å². The number of rotatable bonds is 3. The Bertz CT molecular complexity index is 719. The van der Waals surface area contributed by atoms with Gasteiger partial charge in [-0.3, -0.25) is 4.55 Å². The number of benzene rings is 2. The van der Waals surface area contributed by atoms with E-state index in [1.54, 1.807) is 13.8 Å². The zero-order valence-corrected chi connectivity index (χ0v) is 12.1. The van der Waals surface area contributed by atoms with E-state index < -0.39 is 15.5 Å². The highest BCUT2D eigenvalue weighted by Crippen LogP contribution is 2.40. The Hall–Kier alpha value is -1.85. The third kappa shape index (κ3) is 2.55. The monoisotopic (exact) mass is 292 g/mol. The standard InChI is InChI=1S/C15H16O4S/c1-15(2,11-7-4-3-5-8-11)14-12(16)9-6-10-13(14)20(17,18)19/h3-10,16H,1-2H3,(H,17,18,19). The summed E-state index contributed by atoms with van der Waals surface area (Å²) in [4.78, 5) is -0.272. The van der Waals surface area contributed by atoms with Gasteiger partial charge in [-0.15, -0.1) is 0 Å². The first kappa shape index (κ1) is 14.6. The fraction of sp³-hybridized carbons (Fsp3) is 0.200. The maximum absolute atomic E-state index is 11.5. The highest BCUT2D eigenvalue weighted by Gasteiger charge is 2.32. The smallest absolute Gasteiger partial charge is 0.294 e. The molecule has 0 spiro atoms. The molecule has 5 heteroatoms. The summed E-state index contributed by atoms with van der Waals surface area (Å²) in [6, 6.07) is 13.3. The molecule has 20 heavy (non-hydrogen) atoms. The molecule has 0 aromatic heterocycles. The largest absolute Gasteiger partial charge is 0.508 e. The zero-order valence-electron chi connectivity index (χ0n) is 11.2. The van der Waals surface area contributed by atoms with Crippen LogP contribution in [-0.4, -0.2) is 18.1 Å². The lowest BCUT2D eigenvalue weighted by molar-refractivity contribution is 0.440. The van der Waals surface area contributed by atoms with E-state index in [-0.39, 0.29) is 16.2 Å². The van der Waals surface area contributed by atoms with Gasteiger partial charge in [0.2, 0.25) is 0 Å². The van der Waals surface area contributed by atoms with E-state index in [9.17, 15) is 18.1 Å². The molecule has 106 valence electrons. The Balaban J connectivity index is 2.76. The Morgan fingerprint density at radius 1 is 0.950 bits per heavy atom. The second-order valence-corrected chi connectivity index (χ2v) is 6.51. The predicted octanol–water partition coefficient (Wildman–Crippen LogP) is 2.96. The summed E-state index contributed by atoms with van der Waals surface area (Å²) in [5, 5.41) is 10.1. The second-order valence-electron chi connectivity index (χ2n) is 5.12. The summed E-state index contributed by atoms with van der Waals surface area (Å²) in [5.74, 6) is -0.158.